The minimum absolute atomic E-state index is 0.0102. The number of pyridine rings is 1. The maximum atomic E-state index is 8.54. The molecule has 5 heteroatoms. The van der Waals surface area contributed by atoms with Crippen molar-refractivity contribution in [2.75, 3.05) is 0 Å². The Kier molecular flexibility index (Phi) is 4.39. The van der Waals surface area contributed by atoms with E-state index >= 15 is 0 Å². The first-order chi connectivity index (χ1) is 8.79. The molecule has 1 aromatic heterocycles. The summed E-state index contributed by atoms with van der Waals surface area (Å²) in [5, 5.41) is 11.4. The van der Waals surface area contributed by atoms with Crippen LogP contribution in [0.15, 0.2) is 23.5 Å². The Morgan fingerprint density at radius 1 is 1.28 bits per heavy atom. The summed E-state index contributed by atoms with van der Waals surface area (Å²) < 4.78 is 5.90. The van der Waals surface area contributed by atoms with E-state index in [9.17, 15) is 0 Å². The van der Waals surface area contributed by atoms with Crippen molar-refractivity contribution in [3.63, 3.8) is 0 Å². The second-order valence-corrected chi connectivity index (χ2v) is 4.60. The number of hydrogen-bond donors (Lipinski definition) is 2. The van der Waals surface area contributed by atoms with Crippen LogP contribution < -0.4 is 10.5 Å². The van der Waals surface area contributed by atoms with Crippen molar-refractivity contribution in [2.45, 2.75) is 44.6 Å². The molecule has 1 aromatic rings. The lowest BCUT2D eigenvalue weighted by Crippen LogP contribution is -2.17. The average Bonchev–Trinajstić information content (AvgIpc) is 2.67. The van der Waals surface area contributed by atoms with Crippen molar-refractivity contribution < 1.29 is 9.94 Å². The van der Waals surface area contributed by atoms with Gasteiger partial charge in [0.1, 0.15) is 11.4 Å². The van der Waals surface area contributed by atoms with E-state index in [2.05, 4.69) is 10.1 Å². The number of aromatic nitrogens is 1. The van der Waals surface area contributed by atoms with Gasteiger partial charge in [-0.2, -0.15) is 0 Å². The van der Waals surface area contributed by atoms with Gasteiger partial charge in [-0.05, 0) is 37.8 Å². The fraction of sp³-hybridized carbons (Fsp3) is 0.538. The van der Waals surface area contributed by atoms with Crippen LogP contribution in [0.1, 0.15) is 44.2 Å². The molecule has 5 nitrogen and oxygen atoms in total. The smallest absolute Gasteiger partial charge is 0.188 e. The third-order valence-electron chi connectivity index (χ3n) is 3.21. The predicted octanol–water partition coefficient (Wildman–Crippen LogP) is 2.28. The largest absolute Gasteiger partial charge is 0.489 e. The van der Waals surface area contributed by atoms with E-state index in [0.29, 0.717) is 11.8 Å². The highest BCUT2D eigenvalue weighted by molar-refractivity contribution is 5.95. The van der Waals surface area contributed by atoms with Gasteiger partial charge in [0.2, 0.25) is 0 Å². The van der Waals surface area contributed by atoms with Crippen LogP contribution in [0.5, 0.6) is 5.75 Å². The highest BCUT2D eigenvalue weighted by Gasteiger charge is 2.13. The molecule has 0 saturated heterocycles. The Hall–Kier alpha value is -1.78. The van der Waals surface area contributed by atoms with E-state index in [1.165, 1.54) is 25.7 Å². The summed E-state index contributed by atoms with van der Waals surface area (Å²) in [4.78, 5) is 4.10. The topological polar surface area (TPSA) is 80.7 Å². The molecule has 0 aromatic carbocycles. The monoisotopic (exact) mass is 249 g/mol. The van der Waals surface area contributed by atoms with Crippen molar-refractivity contribution in [3.05, 3.63) is 24.0 Å². The summed E-state index contributed by atoms with van der Waals surface area (Å²) in [6.45, 7) is 0. The number of amidine groups is 1. The van der Waals surface area contributed by atoms with Crippen molar-refractivity contribution in [1.29, 1.82) is 0 Å². The summed E-state index contributed by atoms with van der Waals surface area (Å²) >= 11 is 0. The van der Waals surface area contributed by atoms with E-state index in [1.54, 1.807) is 12.3 Å². The van der Waals surface area contributed by atoms with Crippen molar-refractivity contribution in [3.8, 4) is 5.75 Å². The Morgan fingerprint density at radius 3 is 2.56 bits per heavy atom. The number of oxime groups is 1. The lowest BCUT2D eigenvalue weighted by atomic mass is 10.1. The zero-order valence-electron chi connectivity index (χ0n) is 10.4. The van der Waals surface area contributed by atoms with Gasteiger partial charge in [0, 0.05) is 0 Å². The molecule has 2 rings (SSSR count). The van der Waals surface area contributed by atoms with Crippen LogP contribution in [-0.2, 0) is 0 Å². The second-order valence-electron chi connectivity index (χ2n) is 4.60. The first kappa shape index (κ1) is 12.7. The van der Waals surface area contributed by atoms with Gasteiger partial charge in [-0.25, -0.2) is 4.98 Å². The summed E-state index contributed by atoms with van der Waals surface area (Å²) in [7, 11) is 0. The number of hydrogen-bond acceptors (Lipinski definition) is 4. The molecule has 0 amide bonds. The van der Waals surface area contributed by atoms with Crippen LogP contribution in [0.4, 0.5) is 0 Å². The molecule has 1 aliphatic rings. The summed E-state index contributed by atoms with van der Waals surface area (Å²) in [5.41, 5.74) is 5.90. The van der Waals surface area contributed by atoms with Gasteiger partial charge in [-0.15, -0.1) is 0 Å². The van der Waals surface area contributed by atoms with Crippen LogP contribution >= 0.6 is 0 Å². The molecule has 0 radical (unpaired) electrons. The molecule has 0 bridgehead atoms. The first-order valence-electron chi connectivity index (χ1n) is 6.40. The summed E-state index contributed by atoms with van der Waals surface area (Å²) in [5.74, 6) is 0.757. The van der Waals surface area contributed by atoms with Crippen molar-refractivity contribution in [2.24, 2.45) is 10.9 Å². The van der Waals surface area contributed by atoms with E-state index in [-0.39, 0.29) is 5.84 Å². The predicted molar refractivity (Wildman–Crippen MR) is 68.9 cm³/mol. The molecule has 18 heavy (non-hydrogen) atoms. The molecule has 98 valence electrons. The Labute approximate surface area is 107 Å². The lowest BCUT2D eigenvalue weighted by Gasteiger charge is -2.16. The van der Waals surface area contributed by atoms with E-state index in [4.69, 9.17) is 15.7 Å². The van der Waals surface area contributed by atoms with Gasteiger partial charge in [0.25, 0.3) is 0 Å². The van der Waals surface area contributed by atoms with Crippen molar-refractivity contribution >= 4 is 5.84 Å². The second kappa shape index (κ2) is 6.23. The molecule has 3 N–H and O–H groups in total. The normalized spacial score (nSPS) is 18.3. The molecule has 0 aliphatic heterocycles. The minimum atomic E-state index is 0.0102. The fourth-order valence-electron chi connectivity index (χ4n) is 2.20. The SMILES string of the molecule is N/C(=N/O)c1ccc(OC2CCCCCC2)cn1. The number of nitrogens with two attached hydrogens (primary N) is 1. The van der Waals surface area contributed by atoms with Gasteiger partial charge in [0.05, 0.1) is 12.3 Å². The summed E-state index contributed by atoms with van der Waals surface area (Å²) in [6.07, 6.45) is 9.23. The van der Waals surface area contributed by atoms with Gasteiger partial charge in [-0.3, -0.25) is 0 Å². The minimum Gasteiger partial charge on any atom is -0.489 e. The Bertz CT molecular complexity index is 395. The maximum absolute atomic E-state index is 8.54. The number of ether oxygens (including phenoxy) is 1. The Balaban J connectivity index is 1.97. The van der Waals surface area contributed by atoms with E-state index in [0.717, 1.165) is 18.6 Å². The average molecular weight is 249 g/mol. The molecular weight excluding hydrogens is 230 g/mol. The van der Waals surface area contributed by atoms with Crippen LogP contribution in [0.25, 0.3) is 0 Å². The molecule has 1 fully saturated rings. The number of rotatable bonds is 3. The van der Waals surface area contributed by atoms with Gasteiger partial charge in [0.15, 0.2) is 5.84 Å². The molecule has 1 saturated carbocycles. The Morgan fingerprint density at radius 2 is 2.00 bits per heavy atom. The van der Waals surface area contributed by atoms with E-state index < -0.39 is 0 Å². The quantitative estimate of drug-likeness (QED) is 0.283. The van der Waals surface area contributed by atoms with Crippen LogP contribution in [0.2, 0.25) is 0 Å². The molecule has 0 unspecified atom stereocenters. The molecule has 1 aliphatic carbocycles. The highest BCUT2D eigenvalue weighted by Crippen LogP contribution is 2.22. The molecular formula is C13H19N3O2. The highest BCUT2D eigenvalue weighted by atomic mass is 16.5. The van der Waals surface area contributed by atoms with Crippen LogP contribution in [-0.4, -0.2) is 22.1 Å². The molecule has 0 spiro atoms. The molecule has 1 heterocycles. The van der Waals surface area contributed by atoms with Crippen molar-refractivity contribution in [1.82, 2.24) is 4.98 Å². The van der Waals surface area contributed by atoms with E-state index in [1.807, 2.05) is 6.07 Å². The number of nitrogens with zero attached hydrogens (tertiary/aromatic N) is 2. The fourth-order valence-corrected chi connectivity index (χ4v) is 2.20. The zero-order valence-corrected chi connectivity index (χ0v) is 10.4. The standard InChI is InChI=1S/C13H19N3O2/c14-13(16-17)12-8-7-11(9-15-12)18-10-5-3-1-2-4-6-10/h7-10,17H,1-6H2,(H2,14,16). The third-order valence-corrected chi connectivity index (χ3v) is 3.21. The third kappa shape index (κ3) is 3.35. The summed E-state index contributed by atoms with van der Waals surface area (Å²) in [6, 6.07) is 3.51. The zero-order chi connectivity index (χ0) is 12.8. The lowest BCUT2D eigenvalue weighted by molar-refractivity contribution is 0.183. The van der Waals surface area contributed by atoms with Gasteiger partial charge < -0.3 is 15.7 Å². The van der Waals surface area contributed by atoms with Crippen LogP contribution in [0, 0.1) is 0 Å². The van der Waals surface area contributed by atoms with Gasteiger partial charge in [-0.1, -0.05) is 18.0 Å². The van der Waals surface area contributed by atoms with Gasteiger partial charge >= 0.3 is 0 Å². The first-order valence-corrected chi connectivity index (χ1v) is 6.40. The maximum Gasteiger partial charge on any atom is 0.188 e. The van der Waals surface area contributed by atoms with Crippen LogP contribution in [0.3, 0.4) is 0 Å². The molecule has 0 atom stereocenters.